The SMILES string of the molecule is CC(C)c1ccc(C[n+]2c(-c3ccco3)[nH]c3ccccc32)cc1. The number of nitrogens with one attached hydrogen (secondary N) is 1. The molecule has 3 heteroatoms. The van der Waals surface area contributed by atoms with Crippen molar-refractivity contribution in [2.45, 2.75) is 26.3 Å². The van der Waals surface area contributed by atoms with Gasteiger partial charge >= 0.3 is 5.82 Å². The molecule has 120 valence electrons. The molecule has 2 heterocycles. The molecule has 0 unspecified atom stereocenters. The molecule has 0 aliphatic heterocycles. The van der Waals surface area contributed by atoms with Crippen LogP contribution in [-0.4, -0.2) is 4.98 Å². The van der Waals surface area contributed by atoms with E-state index in [1.54, 1.807) is 6.26 Å². The molecule has 0 fully saturated rings. The van der Waals surface area contributed by atoms with E-state index < -0.39 is 0 Å². The fourth-order valence-electron chi connectivity index (χ4n) is 3.09. The smallest absolute Gasteiger partial charge is 0.324 e. The third-order valence-corrected chi connectivity index (χ3v) is 4.46. The first-order chi connectivity index (χ1) is 11.7. The van der Waals surface area contributed by atoms with E-state index >= 15 is 0 Å². The molecular formula is C21H21N2O+. The maximum Gasteiger partial charge on any atom is 0.324 e. The number of imidazole rings is 1. The van der Waals surface area contributed by atoms with Crippen LogP contribution >= 0.6 is 0 Å². The highest BCUT2D eigenvalue weighted by Crippen LogP contribution is 2.20. The molecule has 4 rings (SSSR count). The van der Waals surface area contributed by atoms with Crippen LogP contribution in [-0.2, 0) is 6.54 Å². The average molecular weight is 317 g/mol. The van der Waals surface area contributed by atoms with Gasteiger partial charge in [-0.05, 0) is 41.3 Å². The highest BCUT2D eigenvalue weighted by atomic mass is 16.3. The van der Waals surface area contributed by atoms with Crippen LogP contribution in [0.5, 0.6) is 0 Å². The van der Waals surface area contributed by atoms with Crippen LogP contribution in [0.25, 0.3) is 22.6 Å². The van der Waals surface area contributed by atoms with Gasteiger partial charge in [0, 0.05) is 0 Å². The Kier molecular flexibility index (Phi) is 3.69. The Labute approximate surface area is 141 Å². The second kappa shape index (κ2) is 6.00. The predicted molar refractivity (Wildman–Crippen MR) is 95.8 cm³/mol. The van der Waals surface area contributed by atoms with Gasteiger partial charge < -0.3 is 4.42 Å². The van der Waals surface area contributed by atoms with E-state index in [1.165, 1.54) is 16.6 Å². The molecule has 0 amide bonds. The molecule has 0 spiro atoms. The summed E-state index contributed by atoms with van der Waals surface area (Å²) in [5, 5.41) is 0. The zero-order chi connectivity index (χ0) is 16.5. The van der Waals surface area contributed by atoms with Crippen LogP contribution in [0.4, 0.5) is 0 Å². The maximum absolute atomic E-state index is 5.63. The topological polar surface area (TPSA) is 32.8 Å². The lowest BCUT2D eigenvalue weighted by Gasteiger charge is -2.06. The minimum Gasteiger partial charge on any atom is -0.456 e. The Bertz CT molecular complexity index is 947. The number of rotatable bonds is 4. The van der Waals surface area contributed by atoms with Crippen molar-refractivity contribution in [3.8, 4) is 11.6 Å². The van der Waals surface area contributed by atoms with Gasteiger partial charge in [-0.25, -0.2) is 9.55 Å². The second-order valence-electron chi connectivity index (χ2n) is 6.45. The molecular weight excluding hydrogens is 296 g/mol. The lowest BCUT2D eigenvalue weighted by molar-refractivity contribution is -0.651. The maximum atomic E-state index is 5.63. The molecule has 0 bridgehead atoms. The van der Waals surface area contributed by atoms with Gasteiger partial charge in [-0.3, -0.25) is 0 Å². The van der Waals surface area contributed by atoms with Gasteiger partial charge in [0.1, 0.15) is 6.54 Å². The van der Waals surface area contributed by atoms with Crippen molar-refractivity contribution in [3.05, 3.63) is 78.1 Å². The number of hydrogen-bond donors (Lipinski definition) is 1. The number of aromatic amines is 1. The van der Waals surface area contributed by atoms with Gasteiger partial charge in [-0.15, -0.1) is 0 Å². The fourth-order valence-corrected chi connectivity index (χ4v) is 3.09. The summed E-state index contributed by atoms with van der Waals surface area (Å²) in [6.07, 6.45) is 1.71. The van der Waals surface area contributed by atoms with Crippen molar-refractivity contribution in [1.82, 2.24) is 4.98 Å². The first-order valence-corrected chi connectivity index (χ1v) is 8.35. The van der Waals surface area contributed by atoms with E-state index in [-0.39, 0.29) is 0 Å². The molecule has 24 heavy (non-hydrogen) atoms. The van der Waals surface area contributed by atoms with Crippen LogP contribution in [0, 0.1) is 0 Å². The fraction of sp³-hybridized carbons (Fsp3) is 0.190. The average Bonchev–Trinajstić information content (AvgIpc) is 3.23. The van der Waals surface area contributed by atoms with Crippen molar-refractivity contribution >= 4 is 11.0 Å². The highest BCUT2D eigenvalue weighted by Gasteiger charge is 2.22. The molecule has 0 saturated heterocycles. The van der Waals surface area contributed by atoms with Gasteiger partial charge in [0.05, 0.1) is 6.26 Å². The molecule has 3 nitrogen and oxygen atoms in total. The van der Waals surface area contributed by atoms with E-state index in [0.717, 1.165) is 23.6 Å². The Hall–Kier alpha value is -2.81. The van der Waals surface area contributed by atoms with Crippen LogP contribution in [0.2, 0.25) is 0 Å². The van der Waals surface area contributed by atoms with E-state index in [9.17, 15) is 0 Å². The third-order valence-electron chi connectivity index (χ3n) is 4.46. The summed E-state index contributed by atoms with van der Waals surface area (Å²) >= 11 is 0. The summed E-state index contributed by atoms with van der Waals surface area (Å²) in [6, 6.07) is 21.1. The number of aromatic nitrogens is 2. The summed E-state index contributed by atoms with van der Waals surface area (Å²) in [4.78, 5) is 3.49. The van der Waals surface area contributed by atoms with E-state index in [2.05, 4.69) is 65.9 Å². The number of furan rings is 1. The van der Waals surface area contributed by atoms with Gasteiger partial charge in [-0.1, -0.05) is 50.2 Å². The molecule has 2 aromatic heterocycles. The molecule has 4 aromatic rings. The third kappa shape index (κ3) is 2.62. The monoisotopic (exact) mass is 317 g/mol. The molecule has 0 aliphatic carbocycles. The van der Waals surface area contributed by atoms with Crippen molar-refractivity contribution in [2.24, 2.45) is 0 Å². The Balaban J connectivity index is 1.79. The summed E-state index contributed by atoms with van der Waals surface area (Å²) in [5.74, 6) is 2.40. The van der Waals surface area contributed by atoms with Gasteiger partial charge in [-0.2, -0.15) is 0 Å². The molecule has 0 aliphatic rings. The van der Waals surface area contributed by atoms with Crippen molar-refractivity contribution < 1.29 is 8.98 Å². The summed E-state index contributed by atoms with van der Waals surface area (Å²) < 4.78 is 7.90. The Morgan fingerprint density at radius 3 is 2.46 bits per heavy atom. The Morgan fingerprint density at radius 1 is 0.958 bits per heavy atom. The zero-order valence-corrected chi connectivity index (χ0v) is 14.0. The number of fused-ring (bicyclic) bond motifs is 1. The molecule has 0 saturated carbocycles. The normalized spacial score (nSPS) is 11.5. The van der Waals surface area contributed by atoms with Gasteiger partial charge in [0.25, 0.3) is 0 Å². The largest absolute Gasteiger partial charge is 0.456 e. The van der Waals surface area contributed by atoms with E-state index in [1.807, 2.05) is 18.2 Å². The van der Waals surface area contributed by atoms with Crippen molar-refractivity contribution in [1.29, 1.82) is 0 Å². The lowest BCUT2D eigenvalue weighted by atomic mass is 10.0. The second-order valence-corrected chi connectivity index (χ2v) is 6.45. The standard InChI is InChI=1S/C21H20N2O/c1-15(2)17-11-9-16(10-12-17)14-23-19-7-4-3-6-18(19)22-21(23)20-8-5-13-24-20/h3-13,15H,14H2,1-2H3/p+1. The summed E-state index contributed by atoms with van der Waals surface area (Å²) in [7, 11) is 0. The summed E-state index contributed by atoms with van der Waals surface area (Å²) in [6.45, 7) is 5.25. The molecule has 2 aromatic carbocycles. The van der Waals surface area contributed by atoms with Crippen LogP contribution in [0.15, 0.2) is 71.3 Å². The quantitative estimate of drug-likeness (QED) is 0.534. The zero-order valence-electron chi connectivity index (χ0n) is 14.0. The molecule has 0 radical (unpaired) electrons. The number of nitrogens with zero attached hydrogens (tertiary/aromatic N) is 1. The first kappa shape index (κ1) is 14.8. The van der Waals surface area contributed by atoms with Crippen LogP contribution in [0.1, 0.15) is 30.9 Å². The molecule has 0 atom stereocenters. The van der Waals surface area contributed by atoms with E-state index in [0.29, 0.717) is 5.92 Å². The van der Waals surface area contributed by atoms with Gasteiger partial charge in [0.15, 0.2) is 11.0 Å². The summed E-state index contributed by atoms with van der Waals surface area (Å²) in [5.41, 5.74) is 4.94. The number of para-hydroxylation sites is 2. The number of benzene rings is 2. The Morgan fingerprint density at radius 2 is 1.75 bits per heavy atom. The minimum atomic E-state index is 0.554. The van der Waals surface area contributed by atoms with Crippen LogP contribution in [0.3, 0.4) is 0 Å². The van der Waals surface area contributed by atoms with Crippen molar-refractivity contribution in [3.63, 3.8) is 0 Å². The number of hydrogen-bond acceptors (Lipinski definition) is 1. The molecule has 1 N–H and O–H groups in total. The predicted octanol–water partition coefficient (Wildman–Crippen LogP) is 4.89. The highest BCUT2D eigenvalue weighted by molar-refractivity contribution is 5.73. The van der Waals surface area contributed by atoms with Gasteiger partial charge in [0.2, 0.25) is 5.76 Å². The lowest BCUT2D eigenvalue weighted by Crippen LogP contribution is -2.35. The van der Waals surface area contributed by atoms with E-state index in [4.69, 9.17) is 4.42 Å². The minimum absolute atomic E-state index is 0.554. The van der Waals surface area contributed by atoms with Crippen LogP contribution < -0.4 is 4.57 Å². The first-order valence-electron chi connectivity index (χ1n) is 8.35. The number of H-pyrrole nitrogens is 1. The van der Waals surface area contributed by atoms with Crippen molar-refractivity contribution in [2.75, 3.05) is 0 Å².